The van der Waals surface area contributed by atoms with Crippen molar-refractivity contribution >= 4 is 5.96 Å². The second kappa shape index (κ2) is 11.8. The fourth-order valence-corrected chi connectivity index (χ4v) is 2.77. The van der Waals surface area contributed by atoms with Crippen LogP contribution in [0, 0.1) is 12.8 Å². The van der Waals surface area contributed by atoms with Gasteiger partial charge in [0.1, 0.15) is 11.9 Å². The van der Waals surface area contributed by atoms with E-state index in [-0.39, 0.29) is 6.10 Å². The second-order valence-electron chi connectivity index (χ2n) is 7.36. The zero-order valence-electron chi connectivity index (χ0n) is 17.2. The number of guanidine groups is 1. The summed E-state index contributed by atoms with van der Waals surface area (Å²) in [7, 11) is 1.78. The molecular weight excluding hydrogens is 342 g/mol. The van der Waals surface area contributed by atoms with Crippen LogP contribution in [-0.2, 0) is 16.0 Å². The number of ether oxygens (including phenoxy) is 3. The summed E-state index contributed by atoms with van der Waals surface area (Å²) in [6.07, 6.45) is 2.18. The SMILES string of the molecule is CN=C(NCCOCCC(C)C)NCc1ccc(C)cc1OC1CCOC1. The first-order valence-electron chi connectivity index (χ1n) is 9.94. The summed E-state index contributed by atoms with van der Waals surface area (Å²) < 4.78 is 17.2. The van der Waals surface area contributed by atoms with Gasteiger partial charge in [-0.3, -0.25) is 4.99 Å². The van der Waals surface area contributed by atoms with Crippen LogP contribution in [-0.4, -0.2) is 52.1 Å². The lowest BCUT2D eigenvalue weighted by molar-refractivity contribution is 0.128. The Hall–Kier alpha value is -1.79. The van der Waals surface area contributed by atoms with Crippen molar-refractivity contribution in [1.82, 2.24) is 10.6 Å². The Kier molecular flexibility index (Phi) is 9.42. The minimum atomic E-state index is 0.144. The zero-order valence-corrected chi connectivity index (χ0v) is 17.2. The maximum absolute atomic E-state index is 6.15. The van der Waals surface area contributed by atoms with Crippen LogP contribution in [0.4, 0.5) is 0 Å². The molecule has 0 radical (unpaired) electrons. The van der Waals surface area contributed by atoms with E-state index in [4.69, 9.17) is 14.2 Å². The van der Waals surface area contributed by atoms with Crippen LogP contribution in [0.25, 0.3) is 0 Å². The Bertz CT molecular complexity index is 584. The Labute approximate surface area is 163 Å². The molecule has 1 atom stereocenters. The van der Waals surface area contributed by atoms with Gasteiger partial charge in [0.05, 0.1) is 19.8 Å². The smallest absolute Gasteiger partial charge is 0.191 e. The van der Waals surface area contributed by atoms with Crippen molar-refractivity contribution in [2.24, 2.45) is 10.9 Å². The second-order valence-corrected chi connectivity index (χ2v) is 7.36. The number of aliphatic imine (C=N–C) groups is 1. The normalized spacial score (nSPS) is 17.4. The molecule has 2 N–H and O–H groups in total. The molecular formula is C21H35N3O3. The molecule has 1 aromatic rings. The minimum absolute atomic E-state index is 0.144. The van der Waals surface area contributed by atoms with Crippen molar-refractivity contribution in [2.75, 3.05) is 40.0 Å². The van der Waals surface area contributed by atoms with E-state index in [2.05, 4.69) is 54.6 Å². The molecule has 0 saturated carbocycles. The lowest BCUT2D eigenvalue weighted by atomic mass is 10.1. The molecule has 1 heterocycles. The quantitative estimate of drug-likeness (QED) is 0.373. The van der Waals surface area contributed by atoms with Gasteiger partial charge in [-0.25, -0.2) is 0 Å². The predicted molar refractivity (Wildman–Crippen MR) is 110 cm³/mol. The van der Waals surface area contributed by atoms with Gasteiger partial charge in [0.15, 0.2) is 5.96 Å². The van der Waals surface area contributed by atoms with Gasteiger partial charge in [0.25, 0.3) is 0 Å². The lowest BCUT2D eigenvalue weighted by Gasteiger charge is -2.18. The van der Waals surface area contributed by atoms with Gasteiger partial charge in [-0.1, -0.05) is 26.0 Å². The number of nitrogens with one attached hydrogen (secondary N) is 2. The predicted octanol–water partition coefficient (Wildman–Crippen LogP) is 2.89. The number of benzene rings is 1. The van der Waals surface area contributed by atoms with Crippen molar-refractivity contribution < 1.29 is 14.2 Å². The van der Waals surface area contributed by atoms with Crippen molar-refractivity contribution in [1.29, 1.82) is 0 Å². The summed E-state index contributed by atoms with van der Waals surface area (Å²) in [4.78, 5) is 4.28. The van der Waals surface area contributed by atoms with Crippen molar-refractivity contribution in [3.05, 3.63) is 29.3 Å². The summed E-state index contributed by atoms with van der Waals surface area (Å²) in [5.74, 6) is 2.36. The molecule has 1 unspecified atom stereocenters. The Morgan fingerprint density at radius 2 is 2.15 bits per heavy atom. The van der Waals surface area contributed by atoms with Crippen molar-refractivity contribution in [2.45, 2.75) is 46.3 Å². The van der Waals surface area contributed by atoms with Crippen molar-refractivity contribution in [3.8, 4) is 5.75 Å². The standard InChI is InChI=1S/C21H35N3O3/c1-16(2)7-10-25-12-9-23-21(22-4)24-14-18-6-5-17(3)13-20(18)27-19-8-11-26-15-19/h5-6,13,16,19H,7-12,14-15H2,1-4H3,(H2,22,23,24). The number of nitrogens with zero attached hydrogens (tertiary/aromatic N) is 1. The fraction of sp³-hybridized carbons (Fsp3) is 0.667. The van der Waals surface area contributed by atoms with Crippen LogP contribution in [0.15, 0.2) is 23.2 Å². The molecule has 1 saturated heterocycles. The third kappa shape index (κ3) is 8.18. The third-order valence-electron chi connectivity index (χ3n) is 4.45. The molecule has 1 aliphatic heterocycles. The van der Waals surface area contributed by atoms with Crippen LogP contribution in [0.1, 0.15) is 37.8 Å². The summed E-state index contributed by atoms with van der Waals surface area (Å²) in [6.45, 7) is 10.8. The Balaban J connectivity index is 1.78. The van der Waals surface area contributed by atoms with E-state index in [1.54, 1.807) is 7.05 Å². The largest absolute Gasteiger partial charge is 0.488 e. The molecule has 2 rings (SSSR count). The van der Waals surface area contributed by atoms with E-state index >= 15 is 0 Å². The summed E-state index contributed by atoms with van der Waals surface area (Å²) >= 11 is 0. The molecule has 0 amide bonds. The number of aryl methyl sites for hydroxylation is 1. The van der Waals surface area contributed by atoms with Crippen molar-refractivity contribution in [3.63, 3.8) is 0 Å². The van der Waals surface area contributed by atoms with Gasteiger partial charge >= 0.3 is 0 Å². The molecule has 0 bridgehead atoms. The van der Waals surface area contributed by atoms with E-state index in [9.17, 15) is 0 Å². The zero-order chi connectivity index (χ0) is 19.5. The van der Waals surface area contributed by atoms with Crippen LogP contribution >= 0.6 is 0 Å². The number of hydrogen-bond acceptors (Lipinski definition) is 4. The number of rotatable bonds is 10. The first-order valence-corrected chi connectivity index (χ1v) is 9.94. The molecule has 1 aromatic carbocycles. The third-order valence-corrected chi connectivity index (χ3v) is 4.45. The highest BCUT2D eigenvalue weighted by atomic mass is 16.5. The average molecular weight is 378 g/mol. The van der Waals surface area contributed by atoms with Gasteiger partial charge in [-0.05, 0) is 30.9 Å². The molecule has 6 nitrogen and oxygen atoms in total. The fourth-order valence-electron chi connectivity index (χ4n) is 2.77. The Morgan fingerprint density at radius 3 is 2.85 bits per heavy atom. The van der Waals surface area contributed by atoms with Crippen LogP contribution < -0.4 is 15.4 Å². The van der Waals surface area contributed by atoms with Gasteiger partial charge in [-0.2, -0.15) is 0 Å². The van der Waals surface area contributed by atoms with Crippen LogP contribution in [0.3, 0.4) is 0 Å². The van der Waals surface area contributed by atoms with E-state index in [0.717, 1.165) is 49.9 Å². The average Bonchev–Trinajstić information content (AvgIpc) is 3.14. The van der Waals surface area contributed by atoms with Gasteiger partial charge in [0, 0.05) is 38.7 Å². The summed E-state index contributed by atoms with van der Waals surface area (Å²) in [5.41, 5.74) is 2.30. The highest BCUT2D eigenvalue weighted by Gasteiger charge is 2.18. The highest BCUT2D eigenvalue weighted by molar-refractivity contribution is 5.79. The minimum Gasteiger partial charge on any atom is -0.488 e. The molecule has 0 spiro atoms. The highest BCUT2D eigenvalue weighted by Crippen LogP contribution is 2.23. The molecule has 1 aliphatic rings. The number of hydrogen-bond donors (Lipinski definition) is 2. The summed E-state index contributed by atoms with van der Waals surface area (Å²) in [6, 6.07) is 6.30. The van der Waals surface area contributed by atoms with Gasteiger partial charge in [0.2, 0.25) is 0 Å². The first kappa shape index (κ1) is 21.5. The van der Waals surface area contributed by atoms with Crippen LogP contribution in [0.2, 0.25) is 0 Å². The molecule has 27 heavy (non-hydrogen) atoms. The first-order chi connectivity index (χ1) is 13.1. The molecule has 0 aliphatic carbocycles. The molecule has 1 fully saturated rings. The lowest BCUT2D eigenvalue weighted by Crippen LogP contribution is -2.38. The molecule has 152 valence electrons. The summed E-state index contributed by atoms with van der Waals surface area (Å²) in [5, 5.41) is 6.64. The van der Waals surface area contributed by atoms with E-state index in [0.29, 0.717) is 25.7 Å². The topological polar surface area (TPSA) is 64.1 Å². The Morgan fingerprint density at radius 1 is 1.30 bits per heavy atom. The van der Waals surface area contributed by atoms with E-state index in [1.165, 1.54) is 5.56 Å². The van der Waals surface area contributed by atoms with E-state index in [1.807, 2.05) is 0 Å². The van der Waals surface area contributed by atoms with Crippen LogP contribution in [0.5, 0.6) is 5.75 Å². The van der Waals surface area contributed by atoms with Gasteiger partial charge < -0.3 is 24.8 Å². The molecule has 0 aromatic heterocycles. The van der Waals surface area contributed by atoms with E-state index < -0.39 is 0 Å². The van der Waals surface area contributed by atoms with Gasteiger partial charge in [-0.15, -0.1) is 0 Å². The molecule has 6 heteroatoms. The maximum Gasteiger partial charge on any atom is 0.191 e. The monoisotopic (exact) mass is 377 g/mol. The maximum atomic E-state index is 6.15.